The van der Waals surface area contributed by atoms with Crippen molar-refractivity contribution in [2.75, 3.05) is 50.8 Å². The van der Waals surface area contributed by atoms with Crippen LogP contribution >= 0.6 is 11.6 Å². The lowest BCUT2D eigenvalue weighted by Gasteiger charge is -2.38. The molecule has 2 atom stereocenters. The molecule has 41 heavy (non-hydrogen) atoms. The highest BCUT2D eigenvalue weighted by molar-refractivity contribution is 6.30. The first-order valence-electron chi connectivity index (χ1n) is 14.9. The molecule has 218 valence electrons. The average Bonchev–Trinajstić information content (AvgIpc) is 3.78. The van der Waals surface area contributed by atoms with Crippen molar-refractivity contribution in [3.8, 4) is 5.75 Å². The van der Waals surface area contributed by atoms with Crippen molar-refractivity contribution in [1.82, 2.24) is 19.8 Å². The van der Waals surface area contributed by atoms with Crippen LogP contribution in [0.25, 0.3) is 0 Å². The molecule has 2 saturated heterocycles. The van der Waals surface area contributed by atoms with Crippen LogP contribution in [0.2, 0.25) is 5.02 Å². The molecule has 1 aromatic heterocycles. The number of ether oxygens (including phenoxy) is 1. The standard InChI is InChI=1S/C31H38ClFN6O2/c1-2-21-16-34-29-20-39(11-10-38(29)19-21)30(40)14-24-3-4-26(15-28(24)33)41-12-7-23-13-27(23)22-5-8-37(9-6-22)31-35-17-25(32)18-36-31/h3-4,15-18,22-23,27H,2,5-14,19-20H2,1H3. The average molecular weight is 581 g/mol. The summed E-state index contributed by atoms with van der Waals surface area (Å²) >= 11 is 5.91. The summed E-state index contributed by atoms with van der Waals surface area (Å²) in [7, 11) is 0. The van der Waals surface area contributed by atoms with Crippen molar-refractivity contribution >= 4 is 29.3 Å². The van der Waals surface area contributed by atoms with Crippen LogP contribution in [-0.4, -0.2) is 77.4 Å². The first kappa shape index (κ1) is 27.9. The Morgan fingerprint density at radius 2 is 1.90 bits per heavy atom. The number of halogens is 2. The second-order valence-corrected chi connectivity index (χ2v) is 12.1. The summed E-state index contributed by atoms with van der Waals surface area (Å²) in [6.07, 6.45) is 10.8. The monoisotopic (exact) mass is 580 g/mol. The number of amidine groups is 1. The van der Waals surface area contributed by atoms with Crippen LogP contribution in [-0.2, 0) is 11.2 Å². The van der Waals surface area contributed by atoms with Gasteiger partial charge in [0.15, 0.2) is 0 Å². The lowest BCUT2D eigenvalue weighted by Crippen LogP contribution is -2.53. The number of piperazine rings is 1. The molecule has 0 N–H and O–H groups in total. The summed E-state index contributed by atoms with van der Waals surface area (Å²) in [5, 5.41) is 0.559. The molecule has 1 aromatic carbocycles. The number of aliphatic imine (C=N–C) groups is 1. The maximum Gasteiger partial charge on any atom is 0.227 e. The lowest BCUT2D eigenvalue weighted by molar-refractivity contribution is -0.130. The van der Waals surface area contributed by atoms with Crippen molar-refractivity contribution in [2.45, 2.75) is 45.4 Å². The van der Waals surface area contributed by atoms with E-state index in [0.29, 0.717) is 41.9 Å². The minimum atomic E-state index is -0.388. The van der Waals surface area contributed by atoms with E-state index in [1.165, 1.54) is 18.1 Å². The van der Waals surface area contributed by atoms with Gasteiger partial charge in [-0.2, -0.15) is 0 Å². The van der Waals surface area contributed by atoms with E-state index in [0.717, 1.165) is 75.5 Å². The third kappa shape index (κ3) is 6.66. The van der Waals surface area contributed by atoms with Crippen LogP contribution in [0.4, 0.5) is 10.3 Å². The SMILES string of the molecule is CCC1=CN=C2CN(C(=O)Cc3ccc(OCCC4CC4C4CCN(c5ncc(Cl)cn5)CC4)cc3F)CCN2C1. The molecule has 6 rings (SSSR count). The Balaban J connectivity index is 0.920. The number of carbonyl (C=O) groups is 1. The third-order valence-electron chi connectivity index (χ3n) is 9.07. The molecule has 1 saturated carbocycles. The number of piperidine rings is 1. The summed E-state index contributed by atoms with van der Waals surface area (Å²) in [6.45, 7) is 7.42. The fourth-order valence-corrected chi connectivity index (χ4v) is 6.52. The van der Waals surface area contributed by atoms with Crippen molar-refractivity contribution in [2.24, 2.45) is 22.7 Å². The molecule has 4 heterocycles. The van der Waals surface area contributed by atoms with Gasteiger partial charge in [-0.25, -0.2) is 19.4 Å². The maximum atomic E-state index is 14.9. The van der Waals surface area contributed by atoms with Crippen molar-refractivity contribution in [1.29, 1.82) is 0 Å². The molecule has 0 bridgehead atoms. The van der Waals surface area contributed by atoms with Gasteiger partial charge in [-0.15, -0.1) is 0 Å². The van der Waals surface area contributed by atoms with E-state index in [-0.39, 0.29) is 18.1 Å². The van der Waals surface area contributed by atoms with E-state index >= 15 is 0 Å². The number of rotatable bonds is 9. The zero-order chi connectivity index (χ0) is 28.3. The molecule has 3 aliphatic heterocycles. The third-order valence-corrected chi connectivity index (χ3v) is 9.26. The van der Waals surface area contributed by atoms with Gasteiger partial charge >= 0.3 is 0 Å². The summed E-state index contributed by atoms with van der Waals surface area (Å²) in [5.41, 5.74) is 1.71. The van der Waals surface area contributed by atoms with Crippen molar-refractivity contribution in [3.05, 3.63) is 58.8 Å². The molecular weight excluding hydrogens is 543 g/mol. The zero-order valence-electron chi connectivity index (χ0n) is 23.6. The maximum absolute atomic E-state index is 14.9. The molecule has 1 amide bonds. The predicted molar refractivity (Wildman–Crippen MR) is 158 cm³/mol. The second kappa shape index (κ2) is 12.3. The highest BCUT2D eigenvalue weighted by atomic mass is 35.5. The molecule has 0 radical (unpaired) electrons. The van der Waals surface area contributed by atoms with Crippen molar-refractivity contribution < 1.29 is 13.9 Å². The molecule has 2 unspecified atom stereocenters. The number of aromatic nitrogens is 2. The molecule has 0 spiro atoms. The number of amides is 1. The van der Waals surface area contributed by atoms with Gasteiger partial charge in [-0.1, -0.05) is 24.6 Å². The summed E-state index contributed by atoms with van der Waals surface area (Å²) in [6, 6.07) is 4.89. The van der Waals surface area contributed by atoms with Gasteiger partial charge in [-0.05, 0) is 67.1 Å². The smallest absolute Gasteiger partial charge is 0.227 e. The fourth-order valence-electron chi connectivity index (χ4n) is 6.42. The summed E-state index contributed by atoms with van der Waals surface area (Å²) in [5.74, 6) is 3.91. The number of anilines is 1. The van der Waals surface area contributed by atoms with E-state index in [1.807, 2.05) is 6.20 Å². The van der Waals surface area contributed by atoms with E-state index < -0.39 is 0 Å². The molecule has 4 aliphatic rings. The van der Waals surface area contributed by atoms with Crippen LogP contribution in [0.15, 0.2) is 47.4 Å². The minimum absolute atomic E-state index is 0.0438. The number of carbonyl (C=O) groups excluding carboxylic acids is 1. The van der Waals surface area contributed by atoms with Gasteiger partial charge in [0, 0.05) is 45.0 Å². The molecule has 1 aliphatic carbocycles. The number of hydrogen-bond donors (Lipinski definition) is 0. The molecule has 2 aromatic rings. The molecule has 3 fully saturated rings. The van der Waals surface area contributed by atoms with Gasteiger partial charge in [0.1, 0.15) is 17.4 Å². The largest absolute Gasteiger partial charge is 0.493 e. The first-order valence-corrected chi connectivity index (χ1v) is 15.3. The Kier molecular flexibility index (Phi) is 8.42. The lowest BCUT2D eigenvalue weighted by atomic mass is 9.90. The van der Waals surface area contributed by atoms with Gasteiger partial charge in [-0.3, -0.25) is 4.79 Å². The first-order chi connectivity index (χ1) is 20.0. The minimum Gasteiger partial charge on any atom is -0.493 e. The second-order valence-electron chi connectivity index (χ2n) is 11.7. The Hall–Kier alpha value is -3.20. The van der Waals surface area contributed by atoms with Crippen LogP contribution in [0.3, 0.4) is 0 Å². The number of fused-ring (bicyclic) bond motifs is 1. The van der Waals surface area contributed by atoms with Gasteiger partial charge in [0.25, 0.3) is 0 Å². The normalized spacial score (nSPS) is 22.7. The quantitative estimate of drug-likeness (QED) is 0.416. The Labute approximate surface area is 246 Å². The Bertz CT molecular complexity index is 1310. The van der Waals surface area contributed by atoms with Crippen LogP contribution in [0.5, 0.6) is 5.75 Å². The van der Waals surface area contributed by atoms with E-state index in [2.05, 4.69) is 31.7 Å². The molecular formula is C31H38ClFN6O2. The van der Waals surface area contributed by atoms with Gasteiger partial charge in [0.2, 0.25) is 11.9 Å². The van der Waals surface area contributed by atoms with Crippen LogP contribution in [0.1, 0.15) is 44.6 Å². The van der Waals surface area contributed by atoms with Gasteiger partial charge < -0.3 is 19.4 Å². The van der Waals surface area contributed by atoms with E-state index in [4.69, 9.17) is 16.3 Å². The summed E-state index contributed by atoms with van der Waals surface area (Å²) < 4.78 is 20.8. The van der Waals surface area contributed by atoms with E-state index in [9.17, 15) is 9.18 Å². The summed E-state index contributed by atoms with van der Waals surface area (Å²) in [4.78, 5) is 32.5. The highest BCUT2D eigenvalue weighted by Crippen LogP contribution is 2.49. The Morgan fingerprint density at radius 3 is 2.66 bits per heavy atom. The van der Waals surface area contributed by atoms with E-state index in [1.54, 1.807) is 29.4 Å². The van der Waals surface area contributed by atoms with Crippen molar-refractivity contribution in [3.63, 3.8) is 0 Å². The molecule has 8 nitrogen and oxygen atoms in total. The fraction of sp³-hybridized carbons (Fsp3) is 0.548. The predicted octanol–water partition coefficient (Wildman–Crippen LogP) is 4.98. The number of benzene rings is 1. The molecule has 10 heteroatoms. The van der Waals surface area contributed by atoms with Gasteiger partial charge in [0.05, 0.1) is 37.0 Å². The zero-order valence-corrected chi connectivity index (χ0v) is 24.4. The van der Waals surface area contributed by atoms with Crippen LogP contribution in [0, 0.1) is 23.6 Å². The Morgan fingerprint density at radius 1 is 1.10 bits per heavy atom. The van der Waals surface area contributed by atoms with Crippen LogP contribution < -0.4 is 9.64 Å². The highest BCUT2D eigenvalue weighted by Gasteiger charge is 2.43. The topological polar surface area (TPSA) is 74.2 Å². The number of hydrogen-bond acceptors (Lipinski definition) is 7. The number of nitrogens with zero attached hydrogens (tertiary/aromatic N) is 6.